The normalized spacial score (nSPS) is 14.9. The van der Waals surface area contributed by atoms with Crippen LogP contribution in [-0.2, 0) is 9.53 Å². The highest BCUT2D eigenvalue weighted by atomic mass is 19.1. The van der Waals surface area contributed by atoms with Crippen LogP contribution in [-0.4, -0.2) is 48.7 Å². The highest BCUT2D eigenvalue weighted by Gasteiger charge is 2.25. The van der Waals surface area contributed by atoms with E-state index in [4.69, 9.17) is 4.74 Å². The Labute approximate surface area is 165 Å². The molecular weight excluding hydrogens is 359 g/mol. The molecule has 1 aromatic heterocycles. The lowest BCUT2D eigenvalue weighted by atomic mass is 9.96. The molecule has 0 bridgehead atoms. The van der Waals surface area contributed by atoms with E-state index in [2.05, 4.69) is 20.2 Å². The number of piperidine rings is 1. The molecule has 2 heterocycles. The maximum atomic E-state index is 13.5. The lowest BCUT2D eigenvalue weighted by molar-refractivity contribution is -0.125. The van der Waals surface area contributed by atoms with Gasteiger partial charge >= 0.3 is 0 Å². The van der Waals surface area contributed by atoms with Crippen LogP contribution in [0.5, 0.6) is 0 Å². The molecule has 1 N–H and O–H groups in total. The van der Waals surface area contributed by atoms with Gasteiger partial charge in [0.05, 0.1) is 5.69 Å². The molecule has 6 nitrogen and oxygen atoms in total. The van der Waals surface area contributed by atoms with E-state index in [1.165, 1.54) is 18.5 Å². The summed E-state index contributed by atoms with van der Waals surface area (Å²) in [4.78, 5) is 23.1. The van der Waals surface area contributed by atoms with Gasteiger partial charge in [-0.3, -0.25) is 4.79 Å². The van der Waals surface area contributed by atoms with Gasteiger partial charge in [0.2, 0.25) is 5.91 Å². The number of hydrogen-bond acceptors (Lipinski definition) is 5. The highest BCUT2D eigenvalue weighted by molar-refractivity contribution is 5.79. The van der Waals surface area contributed by atoms with E-state index >= 15 is 0 Å². The fraction of sp³-hybridized carbons (Fsp3) is 0.476. The third-order valence-corrected chi connectivity index (χ3v) is 4.93. The molecule has 3 rings (SSSR count). The van der Waals surface area contributed by atoms with Crippen LogP contribution in [0.15, 0.2) is 36.7 Å². The third kappa shape index (κ3) is 5.48. The molecule has 150 valence electrons. The molecule has 1 aliphatic rings. The number of hydrogen-bond donors (Lipinski definition) is 1. The summed E-state index contributed by atoms with van der Waals surface area (Å²) in [5.41, 5.74) is 1.42. The molecule has 28 heavy (non-hydrogen) atoms. The summed E-state index contributed by atoms with van der Waals surface area (Å²) in [6.45, 7) is 5.52. The van der Waals surface area contributed by atoms with Crippen LogP contribution in [0.25, 0.3) is 11.3 Å². The van der Waals surface area contributed by atoms with Gasteiger partial charge in [0.15, 0.2) is 0 Å². The predicted octanol–water partition coefficient (Wildman–Crippen LogP) is 3.04. The number of rotatable bonds is 8. The van der Waals surface area contributed by atoms with Crippen LogP contribution in [0.2, 0.25) is 0 Å². The van der Waals surface area contributed by atoms with Crippen LogP contribution < -0.4 is 10.2 Å². The highest BCUT2D eigenvalue weighted by Crippen LogP contribution is 2.25. The van der Waals surface area contributed by atoms with Crippen molar-refractivity contribution in [2.75, 3.05) is 37.7 Å². The quantitative estimate of drug-likeness (QED) is 0.707. The summed E-state index contributed by atoms with van der Waals surface area (Å²) in [5.74, 6) is 0.683. The largest absolute Gasteiger partial charge is 0.382 e. The molecule has 0 aliphatic carbocycles. The molecule has 0 radical (unpaired) electrons. The Bertz CT molecular complexity index is 779. The van der Waals surface area contributed by atoms with E-state index in [9.17, 15) is 9.18 Å². The molecule has 0 atom stereocenters. The van der Waals surface area contributed by atoms with Gasteiger partial charge in [0, 0.05) is 50.4 Å². The zero-order chi connectivity index (χ0) is 19.8. The summed E-state index contributed by atoms with van der Waals surface area (Å²) in [7, 11) is 0. The average molecular weight is 386 g/mol. The Balaban J connectivity index is 1.52. The van der Waals surface area contributed by atoms with Crippen molar-refractivity contribution in [3.8, 4) is 11.3 Å². The molecule has 1 aromatic carbocycles. The monoisotopic (exact) mass is 386 g/mol. The maximum Gasteiger partial charge on any atom is 0.223 e. The number of ether oxygens (including phenoxy) is 1. The zero-order valence-corrected chi connectivity index (χ0v) is 16.2. The van der Waals surface area contributed by atoms with Gasteiger partial charge in [-0.25, -0.2) is 14.4 Å². The second-order valence-corrected chi connectivity index (χ2v) is 6.87. The van der Waals surface area contributed by atoms with Crippen molar-refractivity contribution in [1.29, 1.82) is 0 Å². The molecule has 2 aromatic rings. The number of carbonyl (C=O) groups excluding carboxylic acids is 1. The molecule has 1 amide bonds. The first-order valence-corrected chi connectivity index (χ1v) is 9.85. The first kappa shape index (κ1) is 20.2. The first-order valence-electron chi connectivity index (χ1n) is 9.85. The zero-order valence-electron chi connectivity index (χ0n) is 16.2. The van der Waals surface area contributed by atoms with E-state index in [0.717, 1.165) is 43.7 Å². The molecule has 0 saturated carbocycles. The van der Waals surface area contributed by atoms with E-state index in [1.54, 1.807) is 6.07 Å². The van der Waals surface area contributed by atoms with Crippen LogP contribution in [0, 0.1) is 11.7 Å². The Morgan fingerprint density at radius 1 is 1.29 bits per heavy atom. The topological polar surface area (TPSA) is 67.3 Å². The standard InChI is InChI=1S/C21H27FN4O2/c1-2-28-12-4-9-23-21(27)16-7-10-26(11-8-16)20-14-19(24-15-25-20)17-5-3-6-18(22)13-17/h3,5-6,13-16H,2,4,7-12H2,1H3,(H,23,27). The molecule has 1 aliphatic heterocycles. The lowest BCUT2D eigenvalue weighted by Crippen LogP contribution is -2.41. The van der Waals surface area contributed by atoms with Gasteiger partial charge in [-0.1, -0.05) is 12.1 Å². The van der Waals surface area contributed by atoms with Crippen molar-refractivity contribution in [1.82, 2.24) is 15.3 Å². The third-order valence-electron chi connectivity index (χ3n) is 4.93. The summed E-state index contributed by atoms with van der Waals surface area (Å²) in [5, 5.41) is 3.00. The van der Waals surface area contributed by atoms with E-state index in [1.807, 2.05) is 19.1 Å². The Morgan fingerprint density at radius 3 is 2.86 bits per heavy atom. The van der Waals surface area contributed by atoms with Crippen molar-refractivity contribution >= 4 is 11.7 Å². The van der Waals surface area contributed by atoms with Gasteiger partial charge in [-0.2, -0.15) is 0 Å². The molecular formula is C21H27FN4O2. The van der Waals surface area contributed by atoms with Crippen molar-refractivity contribution in [3.05, 3.63) is 42.5 Å². The molecule has 1 saturated heterocycles. The van der Waals surface area contributed by atoms with Gasteiger partial charge in [-0.05, 0) is 38.3 Å². The SMILES string of the molecule is CCOCCCNC(=O)C1CCN(c2cc(-c3cccc(F)c3)ncn2)CC1. The van der Waals surface area contributed by atoms with Gasteiger partial charge in [0.1, 0.15) is 18.0 Å². The second kappa shape index (κ2) is 10.1. The Hall–Kier alpha value is -2.54. The minimum Gasteiger partial charge on any atom is -0.382 e. The summed E-state index contributed by atoms with van der Waals surface area (Å²) >= 11 is 0. The number of benzene rings is 1. The number of aromatic nitrogens is 2. The van der Waals surface area contributed by atoms with Gasteiger partial charge in [0.25, 0.3) is 0 Å². The van der Waals surface area contributed by atoms with Crippen molar-refractivity contribution < 1.29 is 13.9 Å². The van der Waals surface area contributed by atoms with Crippen molar-refractivity contribution in [2.45, 2.75) is 26.2 Å². The Kier molecular flexibility index (Phi) is 7.31. The molecule has 1 fully saturated rings. The molecule has 0 spiro atoms. The fourth-order valence-corrected chi connectivity index (χ4v) is 3.37. The van der Waals surface area contributed by atoms with E-state index in [-0.39, 0.29) is 17.6 Å². The number of carbonyl (C=O) groups is 1. The number of anilines is 1. The fourth-order valence-electron chi connectivity index (χ4n) is 3.37. The summed E-state index contributed by atoms with van der Waals surface area (Å²) < 4.78 is 18.8. The molecule has 0 unspecified atom stereocenters. The number of amides is 1. The second-order valence-electron chi connectivity index (χ2n) is 6.87. The van der Waals surface area contributed by atoms with Crippen LogP contribution in [0.1, 0.15) is 26.2 Å². The van der Waals surface area contributed by atoms with Crippen molar-refractivity contribution in [2.24, 2.45) is 5.92 Å². The van der Waals surface area contributed by atoms with Crippen molar-refractivity contribution in [3.63, 3.8) is 0 Å². The Morgan fingerprint density at radius 2 is 2.11 bits per heavy atom. The minimum absolute atomic E-state index is 0.0351. The predicted molar refractivity (Wildman–Crippen MR) is 106 cm³/mol. The van der Waals surface area contributed by atoms with E-state index in [0.29, 0.717) is 25.5 Å². The lowest BCUT2D eigenvalue weighted by Gasteiger charge is -2.32. The number of nitrogens with zero attached hydrogens (tertiary/aromatic N) is 3. The smallest absolute Gasteiger partial charge is 0.223 e. The maximum absolute atomic E-state index is 13.5. The average Bonchev–Trinajstić information content (AvgIpc) is 2.74. The van der Waals surface area contributed by atoms with Gasteiger partial charge < -0.3 is 15.0 Å². The van der Waals surface area contributed by atoms with E-state index < -0.39 is 0 Å². The van der Waals surface area contributed by atoms with Gasteiger partial charge in [-0.15, -0.1) is 0 Å². The summed E-state index contributed by atoms with van der Waals surface area (Å²) in [6.07, 6.45) is 3.92. The van der Waals surface area contributed by atoms with Crippen LogP contribution in [0.3, 0.4) is 0 Å². The summed E-state index contributed by atoms with van der Waals surface area (Å²) in [6, 6.07) is 8.26. The number of nitrogens with one attached hydrogen (secondary N) is 1. The first-order chi connectivity index (χ1) is 13.7. The van der Waals surface area contributed by atoms with Crippen LogP contribution >= 0.6 is 0 Å². The van der Waals surface area contributed by atoms with Crippen LogP contribution in [0.4, 0.5) is 10.2 Å². The number of halogens is 1. The molecule has 7 heteroatoms. The minimum atomic E-state index is -0.286.